The van der Waals surface area contributed by atoms with Gasteiger partial charge >= 0.3 is 0 Å². The minimum atomic E-state index is -0.503. The van der Waals surface area contributed by atoms with E-state index in [-0.39, 0.29) is 11.3 Å². The van der Waals surface area contributed by atoms with Crippen molar-refractivity contribution in [2.45, 2.75) is 33.4 Å². The van der Waals surface area contributed by atoms with E-state index in [2.05, 4.69) is 9.88 Å². The van der Waals surface area contributed by atoms with Gasteiger partial charge in [-0.3, -0.25) is 9.78 Å². The molecular formula is C16H28N4O. The number of amides is 1. The van der Waals surface area contributed by atoms with Gasteiger partial charge in [-0.15, -0.1) is 0 Å². The number of nitrogens with two attached hydrogens (primary N) is 1. The molecular weight excluding hydrogens is 264 g/mol. The zero-order chi connectivity index (χ0) is 16.0. The van der Waals surface area contributed by atoms with Crippen molar-refractivity contribution in [1.82, 2.24) is 14.8 Å². The van der Waals surface area contributed by atoms with E-state index in [0.717, 1.165) is 12.1 Å². The third kappa shape index (κ3) is 5.81. The van der Waals surface area contributed by atoms with Crippen LogP contribution in [0.15, 0.2) is 24.5 Å². The van der Waals surface area contributed by atoms with Gasteiger partial charge in [-0.05, 0) is 31.1 Å². The molecule has 1 aromatic rings. The van der Waals surface area contributed by atoms with Crippen LogP contribution in [0, 0.1) is 5.41 Å². The third-order valence-corrected chi connectivity index (χ3v) is 3.42. The highest BCUT2D eigenvalue weighted by Crippen LogP contribution is 2.20. The summed E-state index contributed by atoms with van der Waals surface area (Å²) in [5, 5.41) is 0. The van der Waals surface area contributed by atoms with Crippen LogP contribution in [0.2, 0.25) is 0 Å². The van der Waals surface area contributed by atoms with Gasteiger partial charge in [0, 0.05) is 32.0 Å². The number of carbonyl (C=O) groups excluding carboxylic acids is 1. The van der Waals surface area contributed by atoms with Crippen molar-refractivity contribution in [2.24, 2.45) is 11.1 Å². The van der Waals surface area contributed by atoms with Crippen LogP contribution >= 0.6 is 0 Å². The third-order valence-electron chi connectivity index (χ3n) is 3.42. The normalized spacial score (nSPS) is 13.3. The van der Waals surface area contributed by atoms with Gasteiger partial charge in [0.05, 0.1) is 6.04 Å². The average molecular weight is 292 g/mol. The van der Waals surface area contributed by atoms with E-state index in [9.17, 15) is 4.79 Å². The average Bonchev–Trinajstić information content (AvgIpc) is 2.41. The maximum absolute atomic E-state index is 12.7. The van der Waals surface area contributed by atoms with Crippen LogP contribution in [0.4, 0.5) is 0 Å². The van der Waals surface area contributed by atoms with Crippen LogP contribution < -0.4 is 5.73 Å². The van der Waals surface area contributed by atoms with Gasteiger partial charge in [-0.2, -0.15) is 0 Å². The Morgan fingerprint density at radius 2 is 2.00 bits per heavy atom. The van der Waals surface area contributed by atoms with Crippen molar-refractivity contribution in [2.75, 3.05) is 27.2 Å². The summed E-state index contributed by atoms with van der Waals surface area (Å²) in [5.74, 6) is -0.00629. The molecule has 0 radical (unpaired) electrons. The smallest absolute Gasteiger partial charge is 0.240 e. The molecule has 1 aromatic heterocycles. The van der Waals surface area contributed by atoms with Gasteiger partial charge in [-0.1, -0.05) is 26.8 Å². The van der Waals surface area contributed by atoms with E-state index in [0.29, 0.717) is 13.1 Å². The Balaban J connectivity index is 2.83. The molecule has 0 spiro atoms. The minimum absolute atomic E-state index is 0.00629. The number of carbonyl (C=O) groups is 1. The molecule has 0 fully saturated rings. The first-order valence-corrected chi connectivity index (χ1v) is 7.30. The van der Waals surface area contributed by atoms with Crippen LogP contribution in [0.5, 0.6) is 0 Å². The molecule has 1 amide bonds. The Hall–Kier alpha value is -1.46. The molecule has 0 aliphatic carbocycles. The monoisotopic (exact) mass is 292 g/mol. The number of nitrogens with zero attached hydrogens (tertiary/aromatic N) is 3. The Morgan fingerprint density at radius 1 is 1.33 bits per heavy atom. The first-order chi connectivity index (χ1) is 9.71. The summed E-state index contributed by atoms with van der Waals surface area (Å²) in [6.07, 6.45) is 3.52. The highest BCUT2D eigenvalue weighted by atomic mass is 16.2. The largest absolute Gasteiger partial charge is 0.336 e. The predicted molar refractivity (Wildman–Crippen MR) is 85.6 cm³/mol. The van der Waals surface area contributed by atoms with Crippen molar-refractivity contribution >= 4 is 5.91 Å². The molecule has 1 atom stereocenters. The van der Waals surface area contributed by atoms with E-state index in [4.69, 9.17) is 5.73 Å². The van der Waals surface area contributed by atoms with Crippen LogP contribution in [0.1, 0.15) is 26.3 Å². The fourth-order valence-corrected chi connectivity index (χ4v) is 1.87. The van der Waals surface area contributed by atoms with Gasteiger partial charge < -0.3 is 15.5 Å². The molecule has 0 aliphatic heterocycles. The number of rotatable bonds is 6. The molecule has 1 heterocycles. The minimum Gasteiger partial charge on any atom is -0.336 e. The Labute approximate surface area is 128 Å². The lowest BCUT2D eigenvalue weighted by Crippen LogP contribution is -2.51. The number of hydrogen-bond donors (Lipinski definition) is 1. The molecule has 0 aromatic carbocycles. The van der Waals surface area contributed by atoms with E-state index in [1.54, 1.807) is 12.4 Å². The van der Waals surface area contributed by atoms with Crippen molar-refractivity contribution in [3.05, 3.63) is 30.1 Å². The standard InChI is InChI=1S/C16H28N4O/c1-16(2,3)14(17)15(21)20(10-9-19(4)5)12-13-7-6-8-18-11-13/h6-8,11,14H,9-10,12,17H2,1-5H3/t14-/m1/s1. The van der Waals surface area contributed by atoms with E-state index in [1.165, 1.54) is 0 Å². The Bertz CT molecular complexity index is 439. The van der Waals surface area contributed by atoms with Gasteiger partial charge in [0.1, 0.15) is 0 Å². The molecule has 0 saturated carbocycles. The lowest BCUT2D eigenvalue weighted by atomic mass is 9.86. The summed E-state index contributed by atoms with van der Waals surface area (Å²) in [4.78, 5) is 20.7. The maximum Gasteiger partial charge on any atom is 0.240 e. The predicted octanol–water partition coefficient (Wildman–Crippen LogP) is 1.35. The molecule has 5 nitrogen and oxygen atoms in total. The summed E-state index contributed by atoms with van der Waals surface area (Å²) < 4.78 is 0. The Morgan fingerprint density at radius 3 is 2.48 bits per heavy atom. The number of aromatic nitrogens is 1. The maximum atomic E-state index is 12.7. The highest BCUT2D eigenvalue weighted by molar-refractivity contribution is 5.82. The van der Waals surface area contributed by atoms with Crippen LogP contribution in [-0.2, 0) is 11.3 Å². The molecule has 5 heteroatoms. The molecule has 118 valence electrons. The van der Waals surface area contributed by atoms with Gasteiger partial charge in [0.2, 0.25) is 5.91 Å². The molecule has 0 saturated heterocycles. The fourth-order valence-electron chi connectivity index (χ4n) is 1.87. The molecule has 0 unspecified atom stereocenters. The first-order valence-electron chi connectivity index (χ1n) is 7.30. The number of hydrogen-bond acceptors (Lipinski definition) is 4. The van der Waals surface area contributed by atoms with E-state index in [1.807, 2.05) is 51.9 Å². The highest BCUT2D eigenvalue weighted by Gasteiger charge is 2.31. The molecule has 0 aliphatic rings. The molecule has 1 rings (SSSR count). The summed E-state index contributed by atoms with van der Waals surface area (Å²) >= 11 is 0. The first kappa shape index (κ1) is 17.6. The van der Waals surface area contributed by atoms with E-state index >= 15 is 0 Å². The lowest BCUT2D eigenvalue weighted by Gasteiger charge is -2.32. The molecule has 0 bridgehead atoms. The van der Waals surface area contributed by atoms with Crippen molar-refractivity contribution in [3.63, 3.8) is 0 Å². The lowest BCUT2D eigenvalue weighted by molar-refractivity contribution is -0.135. The second-order valence-electron chi connectivity index (χ2n) is 6.77. The van der Waals surface area contributed by atoms with Crippen LogP contribution in [0.25, 0.3) is 0 Å². The van der Waals surface area contributed by atoms with Crippen molar-refractivity contribution in [1.29, 1.82) is 0 Å². The van der Waals surface area contributed by atoms with Crippen molar-refractivity contribution in [3.8, 4) is 0 Å². The van der Waals surface area contributed by atoms with Gasteiger partial charge in [0.15, 0.2) is 0 Å². The zero-order valence-electron chi connectivity index (χ0n) is 13.8. The summed E-state index contributed by atoms with van der Waals surface area (Å²) in [6, 6.07) is 3.36. The Kier molecular flexibility index (Phi) is 6.30. The topological polar surface area (TPSA) is 62.5 Å². The van der Waals surface area contributed by atoms with E-state index < -0.39 is 6.04 Å². The molecule has 2 N–H and O–H groups in total. The second kappa shape index (κ2) is 7.52. The molecule has 21 heavy (non-hydrogen) atoms. The van der Waals surface area contributed by atoms with Crippen molar-refractivity contribution < 1.29 is 4.79 Å². The van der Waals surface area contributed by atoms with Gasteiger partial charge in [-0.25, -0.2) is 0 Å². The summed E-state index contributed by atoms with van der Waals surface area (Å²) in [6.45, 7) is 7.98. The van der Waals surface area contributed by atoms with Crippen LogP contribution in [-0.4, -0.2) is 53.9 Å². The second-order valence-corrected chi connectivity index (χ2v) is 6.77. The van der Waals surface area contributed by atoms with Crippen LogP contribution in [0.3, 0.4) is 0 Å². The summed E-state index contributed by atoms with van der Waals surface area (Å²) in [5.41, 5.74) is 6.91. The number of pyridine rings is 1. The SMILES string of the molecule is CN(C)CCN(Cc1cccnc1)C(=O)[C@@H](N)C(C)(C)C. The number of likely N-dealkylation sites (N-methyl/N-ethyl adjacent to an activating group) is 1. The quantitative estimate of drug-likeness (QED) is 0.859. The zero-order valence-corrected chi connectivity index (χ0v) is 13.8. The summed E-state index contributed by atoms with van der Waals surface area (Å²) in [7, 11) is 3.99. The fraction of sp³-hybridized carbons (Fsp3) is 0.625. The van der Waals surface area contributed by atoms with Gasteiger partial charge in [0.25, 0.3) is 0 Å².